The maximum absolute atomic E-state index is 12.8. The zero-order valence-corrected chi connectivity index (χ0v) is 20.4. The van der Waals surface area contributed by atoms with Crippen LogP contribution in [0.4, 0.5) is 5.69 Å². The van der Waals surface area contributed by atoms with E-state index in [1.165, 1.54) is 29.8 Å². The Morgan fingerprint density at radius 3 is 2.30 bits per heavy atom. The molecule has 0 saturated carbocycles. The number of nitrogens with zero attached hydrogens (tertiary/aromatic N) is 1. The highest BCUT2D eigenvalue weighted by Crippen LogP contribution is 2.22. The second-order valence-corrected chi connectivity index (χ2v) is 9.89. The lowest BCUT2D eigenvalue weighted by Gasteiger charge is -2.14. The molecule has 1 amide bonds. The van der Waals surface area contributed by atoms with Gasteiger partial charge < -0.3 is 10.2 Å². The highest BCUT2D eigenvalue weighted by Gasteiger charge is 2.16. The number of benzene rings is 3. The fourth-order valence-corrected chi connectivity index (χ4v) is 4.52. The van der Waals surface area contributed by atoms with Gasteiger partial charge in [-0.1, -0.05) is 43.3 Å². The van der Waals surface area contributed by atoms with Crippen molar-refractivity contribution in [2.24, 2.45) is 0 Å². The van der Waals surface area contributed by atoms with E-state index in [4.69, 9.17) is 0 Å². The zero-order chi connectivity index (χ0) is 24.0. The molecule has 3 aromatic carbocycles. The summed E-state index contributed by atoms with van der Waals surface area (Å²) in [7, 11) is -1.69. The minimum atomic E-state index is -3.75. The number of rotatable bonds is 9. The van der Waals surface area contributed by atoms with Crippen LogP contribution in [0.2, 0.25) is 0 Å². The molecule has 0 aromatic heterocycles. The van der Waals surface area contributed by atoms with Gasteiger partial charge in [0.1, 0.15) is 0 Å². The van der Waals surface area contributed by atoms with Crippen LogP contribution in [0.15, 0.2) is 71.6 Å². The molecule has 0 saturated heterocycles. The van der Waals surface area contributed by atoms with E-state index in [9.17, 15) is 13.2 Å². The molecule has 0 aliphatic rings. The highest BCUT2D eigenvalue weighted by atomic mass is 32.2. The molecule has 0 aliphatic carbocycles. The lowest BCUT2D eigenvalue weighted by Crippen LogP contribution is -2.23. The molecule has 0 heterocycles. The Labute approximate surface area is 196 Å². The Balaban J connectivity index is 1.64. The minimum absolute atomic E-state index is 0.104. The fourth-order valence-electron chi connectivity index (χ4n) is 3.40. The van der Waals surface area contributed by atoms with E-state index < -0.39 is 10.0 Å². The van der Waals surface area contributed by atoms with Gasteiger partial charge >= 0.3 is 0 Å². The van der Waals surface area contributed by atoms with Gasteiger partial charge in [0.2, 0.25) is 0 Å². The maximum atomic E-state index is 12.8. The van der Waals surface area contributed by atoms with Crippen LogP contribution in [0.1, 0.15) is 39.5 Å². The zero-order valence-electron chi connectivity index (χ0n) is 19.6. The number of nitrogens with one attached hydrogen (secondary N) is 2. The monoisotopic (exact) mass is 465 g/mol. The summed E-state index contributed by atoms with van der Waals surface area (Å²) in [5, 5.41) is 2.90. The molecule has 0 unspecified atom stereocenters. The second-order valence-electron chi connectivity index (χ2n) is 8.21. The number of anilines is 1. The van der Waals surface area contributed by atoms with Gasteiger partial charge in [0, 0.05) is 18.7 Å². The Morgan fingerprint density at radius 1 is 0.939 bits per heavy atom. The van der Waals surface area contributed by atoms with Crippen molar-refractivity contribution in [1.29, 1.82) is 0 Å². The molecule has 0 bridgehead atoms. The molecule has 3 rings (SSSR count). The van der Waals surface area contributed by atoms with Crippen LogP contribution in [-0.4, -0.2) is 32.8 Å². The van der Waals surface area contributed by atoms with Gasteiger partial charge in [-0.25, -0.2) is 8.42 Å². The minimum Gasteiger partial charge on any atom is -0.348 e. The first-order valence-corrected chi connectivity index (χ1v) is 12.4. The Hall–Kier alpha value is -3.16. The number of carbonyl (C=O) groups is 1. The molecule has 0 spiro atoms. The summed E-state index contributed by atoms with van der Waals surface area (Å²) in [4.78, 5) is 14.9. The molecule has 2 N–H and O–H groups in total. The Bertz CT molecular complexity index is 1220. The number of hydrogen-bond donors (Lipinski definition) is 2. The summed E-state index contributed by atoms with van der Waals surface area (Å²) in [6.45, 7) is 8.13. The lowest BCUT2D eigenvalue weighted by atomic mass is 10.1. The van der Waals surface area contributed by atoms with Crippen molar-refractivity contribution in [3.63, 3.8) is 0 Å². The van der Waals surface area contributed by atoms with Crippen LogP contribution in [0.25, 0.3) is 0 Å². The molecule has 6 nitrogen and oxygen atoms in total. The highest BCUT2D eigenvalue weighted by molar-refractivity contribution is 7.92. The van der Waals surface area contributed by atoms with E-state index in [0.717, 1.165) is 29.8 Å². The molecule has 0 fully saturated rings. The molecule has 0 radical (unpaired) electrons. The fraction of sp³-hybridized carbons (Fsp3) is 0.269. The normalized spacial score (nSPS) is 11.4. The number of amides is 1. The number of hydrogen-bond acceptors (Lipinski definition) is 4. The lowest BCUT2D eigenvalue weighted by molar-refractivity contribution is 0.0951. The predicted octanol–water partition coefficient (Wildman–Crippen LogP) is 4.49. The maximum Gasteiger partial charge on any atom is 0.261 e. The largest absolute Gasteiger partial charge is 0.348 e. The first-order valence-electron chi connectivity index (χ1n) is 10.9. The average Bonchev–Trinajstić information content (AvgIpc) is 2.80. The van der Waals surface area contributed by atoms with Crippen molar-refractivity contribution in [1.82, 2.24) is 10.2 Å². The Morgan fingerprint density at radius 2 is 1.61 bits per heavy atom. The van der Waals surface area contributed by atoms with Crippen LogP contribution in [0.5, 0.6) is 0 Å². The van der Waals surface area contributed by atoms with Crippen molar-refractivity contribution in [2.45, 2.75) is 38.8 Å². The van der Waals surface area contributed by atoms with Gasteiger partial charge in [0.25, 0.3) is 15.9 Å². The average molecular weight is 466 g/mol. The third kappa shape index (κ3) is 6.43. The summed E-state index contributed by atoms with van der Waals surface area (Å²) in [6, 6.07) is 19.5. The van der Waals surface area contributed by atoms with E-state index in [2.05, 4.69) is 41.0 Å². The quantitative estimate of drug-likeness (QED) is 0.488. The van der Waals surface area contributed by atoms with E-state index in [1.807, 2.05) is 38.1 Å². The first kappa shape index (κ1) is 24.5. The van der Waals surface area contributed by atoms with Gasteiger partial charge in [-0.15, -0.1) is 0 Å². The van der Waals surface area contributed by atoms with Crippen LogP contribution in [0.3, 0.4) is 0 Å². The van der Waals surface area contributed by atoms with Crippen molar-refractivity contribution in [2.75, 3.05) is 18.3 Å². The summed E-state index contributed by atoms with van der Waals surface area (Å²) < 4.78 is 28.2. The predicted molar refractivity (Wildman–Crippen MR) is 133 cm³/mol. The van der Waals surface area contributed by atoms with Crippen molar-refractivity contribution in [3.05, 3.63) is 94.5 Å². The molecule has 3 aromatic rings. The molecule has 7 heteroatoms. The van der Waals surface area contributed by atoms with E-state index in [0.29, 0.717) is 17.8 Å². The standard InChI is InChI=1S/C26H31N3O3S/c1-5-29(4)18-22-10-7-9-21(16-22)17-27-26(30)23-12-14-24(15-13-23)33(31,32)28-25-11-6-8-19(2)20(25)3/h6-16,28H,5,17-18H2,1-4H3,(H,27,30). The third-order valence-corrected chi connectivity index (χ3v) is 7.09. The van der Waals surface area contributed by atoms with Crippen molar-refractivity contribution < 1.29 is 13.2 Å². The van der Waals surface area contributed by atoms with Crippen LogP contribution in [0, 0.1) is 13.8 Å². The molecule has 0 aliphatic heterocycles. The second kappa shape index (κ2) is 10.6. The summed E-state index contributed by atoms with van der Waals surface area (Å²) in [5.74, 6) is -0.252. The number of carbonyl (C=O) groups excluding carboxylic acids is 1. The van der Waals surface area contributed by atoms with Crippen molar-refractivity contribution >= 4 is 21.6 Å². The van der Waals surface area contributed by atoms with Gasteiger partial charge in [-0.05, 0) is 80.0 Å². The molecule has 33 heavy (non-hydrogen) atoms. The smallest absolute Gasteiger partial charge is 0.261 e. The Kier molecular flexibility index (Phi) is 7.89. The van der Waals surface area contributed by atoms with Crippen molar-refractivity contribution in [3.8, 4) is 0 Å². The van der Waals surface area contributed by atoms with Gasteiger partial charge in [0.15, 0.2) is 0 Å². The molecule has 174 valence electrons. The van der Waals surface area contributed by atoms with Crippen LogP contribution >= 0.6 is 0 Å². The SMILES string of the molecule is CCN(C)Cc1cccc(CNC(=O)c2ccc(S(=O)(=O)Nc3cccc(C)c3C)cc2)c1. The van der Waals surface area contributed by atoms with E-state index in [-0.39, 0.29) is 10.8 Å². The van der Waals surface area contributed by atoms with Crippen LogP contribution in [-0.2, 0) is 23.1 Å². The topological polar surface area (TPSA) is 78.5 Å². The molecule has 0 atom stereocenters. The van der Waals surface area contributed by atoms with E-state index >= 15 is 0 Å². The van der Waals surface area contributed by atoms with Gasteiger partial charge in [-0.3, -0.25) is 9.52 Å². The number of sulfonamides is 1. The summed E-state index contributed by atoms with van der Waals surface area (Å²) in [5.41, 5.74) is 5.04. The van der Waals surface area contributed by atoms with Gasteiger partial charge in [0.05, 0.1) is 10.6 Å². The van der Waals surface area contributed by atoms with Gasteiger partial charge in [-0.2, -0.15) is 0 Å². The first-order chi connectivity index (χ1) is 15.7. The third-order valence-electron chi connectivity index (χ3n) is 5.71. The summed E-state index contributed by atoms with van der Waals surface area (Å²) >= 11 is 0. The summed E-state index contributed by atoms with van der Waals surface area (Å²) in [6.07, 6.45) is 0. The number of aryl methyl sites for hydroxylation is 1. The molecular formula is C26H31N3O3S. The van der Waals surface area contributed by atoms with E-state index in [1.54, 1.807) is 6.07 Å². The van der Waals surface area contributed by atoms with Crippen LogP contribution < -0.4 is 10.0 Å². The molecular weight excluding hydrogens is 434 g/mol.